The minimum absolute atomic E-state index is 0.0529. The second kappa shape index (κ2) is 7.78. The Labute approximate surface area is 164 Å². The van der Waals surface area contributed by atoms with Crippen LogP contribution in [0, 0.1) is 0 Å². The topological polar surface area (TPSA) is 90.7 Å². The van der Waals surface area contributed by atoms with E-state index < -0.39 is 11.7 Å². The monoisotopic (exact) mass is 404 g/mol. The first-order valence-electron chi connectivity index (χ1n) is 9.15. The Morgan fingerprint density at radius 2 is 2.03 bits per heavy atom. The number of hydrogen-bond acceptors (Lipinski definition) is 4. The van der Waals surface area contributed by atoms with Gasteiger partial charge >= 0.3 is 6.18 Å². The fourth-order valence-corrected chi connectivity index (χ4v) is 3.66. The third kappa shape index (κ3) is 3.80. The Kier molecular flexibility index (Phi) is 5.18. The van der Waals surface area contributed by atoms with Gasteiger partial charge in [0.1, 0.15) is 17.7 Å². The summed E-state index contributed by atoms with van der Waals surface area (Å²) in [6.45, 7) is 1.40. The van der Waals surface area contributed by atoms with Gasteiger partial charge in [0.2, 0.25) is 0 Å². The second-order valence-electron chi connectivity index (χ2n) is 6.72. The van der Waals surface area contributed by atoms with Crippen LogP contribution >= 0.6 is 0 Å². The summed E-state index contributed by atoms with van der Waals surface area (Å²) in [6, 6.07) is 3.64. The molecule has 10 heteroatoms. The third-order valence-corrected chi connectivity index (χ3v) is 4.94. The molecule has 0 amide bonds. The van der Waals surface area contributed by atoms with Gasteiger partial charge in [-0.2, -0.15) is 13.2 Å². The van der Waals surface area contributed by atoms with Crippen molar-refractivity contribution in [3.05, 3.63) is 35.8 Å². The fourth-order valence-electron chi connectivity index (χ4n) is 3.66. The highest BCUT2D eigenvalue weighted by molar-refractivity contribution is 6.02. The quantitative estimate of drug-likeness (QED) is 0.533. The molecule has 1 aliphatic heterocycles. The molecule has 1 aromatic carbocycles. The average Bonchev–Trinajstić information content (AvgIpc) is 3.09. The highest BCUT2D eigenvalue weighted by Gasteiger charge is 2.31. The summed E-state index contributed by atoms with van der Waals surface area (Å²) in [7, 11) is 0. The summed E-state index contributed by atoms with van der Waals surface area (Å²) in [5, 5.41) is 0.423. The van der Waals surface area contributed by atoms with Crippen molar-refractivity contribution in [2.45, 2.75) is 31.6 Å². The number of fused-ring (bicyclic) bond motifs is 3. The van der Waals surface area contributed by atoms with E-state index in [1.807, 2.05) is 4.57 Å². The molecule has 1 fully saturated rings. The number of imidazole rings is 1. The lowest BCUT2D eigenvalue weighted by Crippen LogP contribution is -2.21. The number of halogens is 3. The molecule has 0 aliphatic carbocycles. The molecular weight excluding hydrogens is 385 g/mol. The molecule has 0 saturated carbocycles. The molecule has 3 aromatic rings. The number of aliphatic imine (C=N–C) groups is 2. The minimum Gasteiger partial charge on any atom is -0.390 e. The predicted octanol–water partition coefficient (Wildman–Crippen LogP) is 3.47. The normalized spacial score (nSPS) is 16.7. The van der Waals surface area contributed by atoms with E-state index in [0.29, 0.717) is 41.0 Å². The summed E-state index contributed by atoms with van der Waals surface area (Å²) in [4.78, 5) is 16.8. The number of pyridine rings is 1. The van der Waals surface area contributed by atoms with E-state index in [-0.39, 0.29) is 12.6 Å². The van der Waals surface area contributed by atoms with Crippen molar-refractivity contribution in [3.63, 3.8) is 0 Å². The van der Waals surface area contributed by atoms with E-state index in [2.05, 4.69) is 20.0 Å². The van der Waals surface area contributed by atoms with Gasteiger partial charge in [-0.15, -0.1) is 0 Å². The van der Waals surface area contributed by atoms with Gasteiger partial charge in [-0.25, -0.2) is 9.98 Å². The van der Waals surface area contributed by atoms with Gasteiger partial charge in [-0.1, -0.05) is 0 Å². The molecule has 7 nitrogen and oxygen atoms in total. The smallest absolute Gasteiger partial charge is 0.390 e. The van der Waals surface area contributed by atoms with Crippen molar-refractivity contribution < 1.29 is 17.9 Å². The summed E-state index contributed by atoms with van der Waals surface area (Å²) < 4.78 is 47.4. The van der Waals surface area contributed by atoms with Crippen LogP contribution in [0.5, 0.6) is 0 Å². The van der Waals surface area contributed by atoms with E-state index in [4.69, 9.17) is 10.5 Å². The van der Waals surface area contributed by atoms with E-state index in [1.165, 1.54) is 12.4 Å². The molecule has 29 heavy (non-hydrogen) atoms. The molecule has 4 rings (SSSR count). The van der Waals surface area contributed by atoms with Crippen molar-refractivity contribution >= 4 is 34.6 Å². The van der Waals surface area contributed by atoms with Gasteiger partial charge in [0.15, 0.2) is 0 Å². The molecular formula is C19H19F3N6O. The van der Waals surface area contributed by atoms with Crippen LogP contribution in [0.1, 0.15) is 30.3 Å². The molecule has 1 saturated heterocycles. The van der Waals surface area contributed by atoms with Gasteiger partial charge in [-0.3, -0.25) is 9.98 Å². The molecule has 2 N–H and O–H groups in total. The molecule has 0 spiro atoms. The van der Waals surface area contributed by atoms with Crippen molar-refractivity contribution in [3.8, 4) is 0 Å². The number of alkyl halides is 3. The number of nitrogens with two attached hydrogens (primary N) is 1. The van der Waals surface area contributed by atoms with Crippen LogP contribution in [0.4, 0.5) is 13.2 Å². The van der Waals surface area contributed by atoms with Crippen LogP contribution < -0.4 is 5.73 Å². The molecule has 0 unspecified atom stereocenters. The van der Waals surface area contributed by atoms with Crippen LogP contribution in [-0.4, -0.2) is 40.4 Å². The SMILES string of the molecule is NC=NC=NCc1nc2cnc3ccc(C(F)(F)F)cc3c2n1C1CCOCC1. The highest BCUT2D eigenvalue weighted by Crippen LogP contribution is 2.36. The van der Waals surface area contributed by atoms with E-state index in [9.17, 15) is 13.2 Å². The number of aromatic nitrogens is 3. The first-order valence-corrected chi connectivity index (χ1v) is 9.15. The highest BCUT2D eigenvalue weighted by atomic mass is 19.4. The van der Waals surface area contributed by atoms with Gasteiger partial charge in [-0.05, 0) is 31.0 Å². The van der Waals surface area contributed by atoms with Crippen LogP contribution in [0.3, 0.4) is 0 Å². The van der Waals surface area contributed by atoms with Crippen molar-refractivity contribution in [1.29, 1.82) is 0 Å². The molecule has 2 aromatic heterocycles. The van der Waals surface area contributed by atoms with Crippen LogP contribution in [0.15, 0.2) is 34.4 Å². The maximum atomic E-state index is 13.3. The standard InChI is InChI=1S/C19H19F3N6O/c20-19(21,22)12-1-2-15-14(7-12)18-16(8-26-15)27-17(9-24-11-25-10-23)28(18)13-3-5-29-6-4-13/h1-2,7-8,10-11,13H,3-6,9H2,(H2,23,24,25). The van der Waals surface area contributed by atoms with Gasteiger partial charge in [0, 0.05) is 24.6 Å². The Morgan fingerprint density at radius 3 is 2.76 bits per heavy atom. The minimum atomic E-state index is -4.44. The predicted molar refractivity (Wildman–Crippen MR) is 104 cm³/mol. The summed E-state index contributed by atoms with van der Waals surface area (Å²) >= 11 is 0. The maximum absolute atomic E-state index is 13.3. The van der Waals surface area contributed by atoms with Crippen LogP contribution in [0.2, 0.25) is 0 Å². The van der Waals surface area contributed by atoms with Gasteiger partial charge in [0.05, 0.1) is 35.7 Å². The third-order valence-electron chi connectivity index (χ3n) is 4.94. The fraction of sp³-hybridized carbons (Fsp3) is 0.368. The Bertz CT molecular complexity index is 1080. The Hall–Kier alpha value is -3.01. The zero-order valence-corrected chi connectivity index (χ0v) is 15.4. The first kappa shape index (κ1) is 19.3. The molecule has 3 heterocycles. The summed E-state index contributed by atoms with van der Waals surface area (Å²) in [5.74, 6) is 0.641. The van der Waals surface area contributed by atoms with E-state index in [0.717, 1.165) is 31.3 Å². The van der Waals surface area contributed by atoms with E-state index in [1.54, 1.807) is 6.20 Å². The van der Waals surface area contributed by atoms with Crippen LogP contribution in [-0.2, 0) is 17.5 Å². The number of ether oxygens (including phenoxy) is 1. The number of rotatable bonds is 4. The number of benzene rings is 1. The molecule has 0 bridgehead atoms. The summed E-state index contributed by atoms with van der Waals surface area (Å²) in [5.41, 5.74) is 6.16. The van der Waals surface area contributed by atoms with Gasteiger partial charge < -0.3 is 15.0 Å². The molecule has 0 atom stereocenters. The van der Waals surface area contributed by atoms with Crippen molar-refractivity contribution in [1.82, 2.24) is 14.5 Å². The lowest BCUT2D eigenvalue weighted by Gasteiger charge is -2.26. The summed E-state index contributed by atoms with van der Waals surface area (Å²) in [6.07, 6.45) is 1.09. The van der Waals surface area contributed by atoms with Crippen molar-refractivity contribution in [2.24, 2.45) is 15.7 Å². The van der Waals surface area contributed by atoms with Gasteiger partial charge in [0.25, 0.3) is 0 Å². The van der Waals surface area contributed by atoms with Crippen molar-refractivity contribution in [2.75, 3.05) is 13.2 Å². The lowest BCUT2D eigenvalue weighted by atomic mass is 10.1. The van der Waals surface area contributed by atoms with E-state index >= 15 is 0 Å². The molecule has 1 aliphatic rings. The average molecular weight is 404 g/mol. The largest absolute Gasteiger partial charge is 0.416 e. The lowest BCUT2D eigenvalue weighted by molar-refractivity contribution is -0.137. The zero-order valence-electron chi connectivity index (χ0n) is 15.4. The molecule has 0 radical (unpaired) electrons. The number of nitrogens with zero attached hydrogens (tertiary/aromatic N) is 5. The molecule has 152 valence electrons. The number of hydrogen-bond donors (Lipinski definition) is 1. The Morgan fingerprint density at radius 1 is 1.24 bits per heavy atom. The maximum Gasteiger partial charge on any atom is 0.416 e. The zero-order chi connectivity index (χ0) is 20.4. The van der Waals surface area contributed by atoms with Crippen LogP contribution in [0.25, 0.3) is 21.9 Å². The Balaban J connectivity index is 1.94. The first-order chi connectivity index (χ1) is 14.0. The second-order valence-corrected chi connectivity index (χ2v) is 6.72.